The van der Waals surface area contributed by atoms with Gasteiger partial charge in [0.05, 0.1) is 12.0 Å². The lowest BCUT2D eigenvalue weighted by Crippen LogP contribution is -1.95. The second kappa shape index (κ2) is 4.02. The molecule has 0 saturated carbocycles. The number of carboxylic acids is 1. The van der Waals surface area contributed by atoms with Crippen molar-refractivity contribution in [2.75, 3.05) is 7.11 Å². The van der Waals surface area contributed by atoms with Crippen LogP contribution in [-0.2, 0) is 0 Å². The maximum Gasteiger partial charge on any atom is 0.349 e. The summed E-state index contributed by atoms with van der Waals surface area (Å²) in [5, 5.41) is 20.1. The van der Waals surface area contributed by atoms with E-state index in [1.807, 2.05) is 0 Å². The van der Waals surface area contributed by atoms with Gasteiger partial charge in [-0.3, -0.25) is 10.1 Å². The highest BCUT2D eigenvalue weighted by Crippen LogP contribution is 2.39. The summed E-state index contributed by atoms with van der Waals surface area (Å²) >= 11 is 1.03. The van der Waals surface area contributed by atoms with Crippen molar-refractivity contribution in [3.8, 4) is 5.75 Å². The van der Waals surface area contributed by atoms with Crippen LogP contribution in [0.3, 0.4) is 0 Å². The van der Waals surface area contributed by atoms with E-state index in [2.05, 4.69) is 0 Å². The summed E-state index contributed by atoms with van der Waals surface area (Å²) < 4.78 is 5.65. The molecule has 0 amide bonds. The zero-order valence-corrected chi connectivity index (χ0v) is 9.48. The van der Waals surface area contributed by atoms with Crippen LogP contribution in [0.4, 0.5) is 5.69 Å². The molecule has 2 aromatic rings. The fraction of sp³-hybridized carbons (Fsp3) is 0.100. The van der Waals surface area contributed by atoms with Crippen LogP contribution in [-0.4, -0.2) is 23.1 Å². The number of methoxy groups -OCH3 is 1. The van der Waals surface area contributed by atoms with Gasteiger partial charge in [0.2, 0.25) is 0 Å². The zero-order chi connectivity index (χ0) is 12.6. The third-order valence-electron chi connectivity index (χ3n) is 2.24. The zero-order valence-electron chi connectivity index (χ0n) is 8.67. The van der Waals surface area contributed by atoms with Gasteiger partial charge in [0, 0.05) is 22.2 Å². The molecule has 0 atom stereocenters. The number of carbonyl (C=O) groups is 1. The van der Waals surface area contributed by atoms with Gasteiger partial charge in [0.1, 0.15) is 0 Å². The topological polar surface area (TPSA) is 89.7 Å². The minimum absolute atomic E-state index is 0.0444. The quantitative estimate of drug-likeness (QED) is 0.670. The van der Waals surface area contributed by atoms with Gasteiger partial charge in [-0.25, -0.2) is 4.79 Å². The molecular weight excluding hydrogens is 246 g/mol. The minimum Gasteiger partial charge on any atom is -0.494 e. The number of benzene rings is 1. The molecule has 0 unspecified atom stereocenters. The monoisotopic (exact) mass is 253 g/mol. The summed E-state index contributed by atoms with van der Waals surface area (Å²) in [4.78, 5) is 21.1. The Hall–Kier alpha value is -2.15. The number of nitrogens with zero attached hydrogens (tertiary/aromatic N) is 1. The normalized spacial score (nSPS) is 10.4. The van der Waals surface area contributed by atoms with Crippen LogP contribution in [0.2, 0.25) is 0 Å². The number of aromatic carboxylic acids is 1. The van der Waals surface area contributed by atoms with Crippen molar-refractivity contribution in [2.24, 2.45) is 0 Å². The van der Waals surface area contributed by atoms with Gasteiger partial charge in [-0.15, -0.1) is 11.3 Å². The molecule has 1 aromatic heterocycles. The van der Waals surface area contributed by atoms with E-state index in [0.29, 0.717) is 10.1 Å². The molecule has 0 aliphatic heterocycles. The van der Waals surface area contributed by atoms with Crippen LogP contribution >= 0.6 is 11.3 Å². The number of nitro benzene ring substituents is 1. The number of thiophene rings is 1. The van der Waals surface area contributed by atoms with E-state index >= 15 is 0 Å². The first kappa shape index (κ1) is 11.3. The molecule has 0 fully saturated rings. The van der Waals surface area contributed by atoms with Crippen molar-refractivity contribution >= 4 is 33.1 Å². The Labute approximate surface area is 99.2 Å². The summed E-state index contributed by atoms with van der Waals surface area (Å²) in [5.41, 5.74) is -0.0921. The van der Waals surface area contributed by atoms with Gasteiger partial charge in [-0.05, 0) is 6.07 Å². The average Bonchev–Trinajstić information content (AvgIpc) is 2.66. The molecule has 2 rings (SSSR count). The molecule has 7 heteroatoms. The maximum absolute atomic E-state index is 11.0. The van der Waals surface area contributed by atoms with Crippen molar-refractivity contribution in [2.45, 2.75) is 0 Å². The molecule has 6 nitrogen and oxygen atoms in total. The molecule has 17 heavy (non-hydrogen) atoms. The van der Waals surface area contributed by atoms with E-state index in [9.17, 15) is 14.9 Å². The number of hydrogen-bond donors (Lipinski definition) is 1. The van der Waals surface area contributed by atoms with E-state index in [1.165, 1.54) is 25.3 Å². The van der Waals surface area contributed by atoms with Crippen LogP contribution in [0.5, 0.6) is 5.75 Å². The van der Waals surface area contributed by atoms with E-state index in [0.717, 1.165) is 11.3 Å². The van der Waals surface area contributed by atoms with Gasteiger partial charge in [0.25, 0.3) is 5.69 Å². The standard InChI is InChI=1S/C10H7NO5S/c1-16-8-6-4-5(11(14)15)2-3-7(6)17-9(8)10(12)13/h2-4H,1H3,(H,12,13). The number of ether oxygens (including phenoxy) is 1. The highest BCUT2D eigenvalue weighted by atomic mass is 32.1. The Morgan fingerprint density at radius 2 is 2.24 bits per heavy atom. The van der Waals surface area contributed by atoms with Crippen molar-refractivity contribution in [1.82, 2.24) is 0 Å². The predicted octanol–water partition coefficient (Wildman–Crippen LogP) is 2.52. The first-order valence-electron chi connectivity index (χ1n) is 4.53. The molecule has 0 spiro atoms. The van der Waals surface area contributed by atoms with Crippen molar-refractivity contribution in [3.63, 3.8) is 0 Å². The van der Waals surface area contributed by atoms with Gasteiger partial charge in [0.15, 0.2) is 10.6 Å². The first-order chi connectivity index (χ1) is 8.04. The van der Waals surface area contributed by atoms with Crippen LogP contribution in [0.25, 0.3) is 10.1 Å². The molecular formula is C10H7NO5S. The Balaban J connectivity index is 2.75. The summed E-state index contributed by atoms with van der Waals surface area (Å²) in [7, 11) is 1.34. The fourth-order valence-electron chi connectivity index (χ4n) is 1.52. The molecule has 88 valence electrons. The van der Waals surface area contributed by atoms with Gasteiger partial charge >= 0.3 is 5.97 Å². The summed E-state index contributed by atoms with van der Waals surface area (Å²) in [6.07, 6.45) is 0. The number of carboxylic acid groups (broad SMARTS) is 1. The predicted molar refractivity (Wildman–Crippen MR) is 62.0 cm³/mol. The number of nitro groups is 1. The largest absolute Gasteiger partial charge is 0.494 e. The fourth-order valence-corrected chi connectivity index (χ4v) is 2.51. The molecule has 0 aliphatic rings. The van der Waals surface area contributed by atoms with E-state index in [1.54, 1.807) is 0 Å². The summed E-state index contributed by atoms with van der Waals surface area (Å²) in [5.74, 6) is -0.938. The molecule has 0 bridgehead atoms. The third kappa shape index (κ3) is 1.80. The van der Waals surface area contributed by atoms with E-state index in [-0.39, 0.29) is 16.3 Å². The number of hydrogen-bond acceptors (Lipinski definition) is 5. The number of fused-ring (bicyclic) bond motifs is 1. The number of rotatable bonds is 3. The molecule has 1 heterocycles. The van der Waals surface area contributed by atoms with Crippen LogP contribution in [0.1, 0.15) is 9.67 Å². The Morgan fingerprint density at radius 3 is 2.76 bits per heavy atom. The second-order valence-corrected chi connectivity index (χ2v) is 4.26. The smallest absolute Gasteiger partial charge is 0.349 e. The van der Waals surface area contributed by atoms with E-state index in [4.69, 9.17) is 9.84 Å². The van der Waals surface area contributed by atoms with Crippen LogP contribution in [0.15, 0.2) is 18.2 Å². The van der Waals surface area contributed by atoms with E-state index < -0.39 is 10.9 Å². The third-order valence-corrected chi connectivity index (χ3v) is 3.38. The highest BCUT2D eigenvalue weighted by Gasteiger charge is 2.20. The average molecular weight is 253 g/mol. The molecule has 1 aromatic carbocycles. The highest BCUT2D eigenvalue weighted by molar-refractivity contribution is 7.21. The Bertz CT molecular complexity index is 618. The van der Waals surface area contributed by atoms with Crippen LogP contribution in [0, 0.1) is 10.1 Å². The second-order valence-electron chi connectivity index (χ2n) is 3.21. The lowest BCUT2D eigenvalue weighted by Gasteiger charge is -1.98. The SMILES string of the molecule is COc1c(C(=O)O)sc2ccc([N+](=O)[O-])cc12. The maximum atomic E-state index is 11.0. The summed E-state index contributed by atoms with van der Waals surface area (Å²) in [6.45, 7) is 0. The molecule has 0 radical (unpaired) electrons. The summed E-state index contributed by atoms with van der Waals surface area (Å²) in [6, 6.07) is 4.17. The van der Waals surface area contributed by atoms with Crippen molar-refractivity contribution in [3.05, 3.63) is 33.2 Å². The van der Waals surface area contributed by atoms with Gasteiger partial charge in [-0.1, -0.05) is 0 Å². The van der Waals surface area contributed by atoms with Crippen molar-refractivity contribution < 1.29 is 19.6 Å². The Kier molecular flexibility index (Phi) is 2.68. The van der Waals surface area contributed by atoms with Gasteiger partial charge in [-0.2, -0.15) is 0 Å². The lowest BCUT2D eigenvalue weighted by molar-refractivity contribution is -0.384. The Morgan fingerprint density at radius 1 is 1.53 bits per heavy atom. The lowest BCUT2D eigenvalue weighted by atomic mass is 10.2. The number of non-ortho nitro benzene ring substituents is 1. The first-order valence-corrected chi connectivity index (χ1v) is 5.34. The van der Waals surface area contributed by atoms with Crippen molar-refractivity contribution in [1.29, 1.82) is 0 Å². The van der Waals surface area contributed by atoms with Gasteiger partial charge < -0.3 is 9.84 Å². The molecule has 1 N–H and O–H groups in total. The van der Waals surface area contributed by atoms with Crippen LogP contribution < -0.4 is 4.74 Å². The molecule has 0 aliphatic carbocycles. The molecule has 0 saturated heterocycles. The minimum atomic E-state index is -1.11.